The van der Waals surface area contributed by atoms with Gasteiger partial charge in [0.05, 0.1) is 4.90 Å². The predicted molar refractivity (Wildman–Crippen MR) is 76.2 cm³/mol. The summed E-state index contributed by atoms with van der Waals surface area (Å²) in [5.74, 6) is -0.960. The van der Waals surface area contributed by atoms with Crippen molar-refractivity contribution in [1.82, 2.24) is 4.31 Å². The van der Waals surface area contributed by atoms with Crippen LogP contribution in [-0.4, -0.2) is 19.8 Å². The third kappa shape index (κ3) is 3.28. The lowest BCUT2D eigenvalue weighted by atomic mass is 10.2. The van der Waals surface area contributed by atoms with E-state index in [4.69, 9.17) is 0 Å². The molecule has 0 bridgehead atoms. The van der Waals surface area contributed by atoms with E-state index < -0.39 is 21.7 Å². The number of rotatable bonds is 4. The molecule has 112 valence electrons. The van der Waals surface area contributed by atoms with E-state index in [0.29, 0.717) is 5.56 Å². The first-order valence-corrected chi connectivity index (χ1v) is 7.72. The fraction of sp³-hybridized carbons (Fsp3) is 0.200. The Hall–Kier alpha value is -1.79. The molecule has 0 spiro atoms. The highest BCUT2D eigenvalue weighted by molar-refractivity contribution is 7.89. The largest absolute Gasteiger partial charge is 0.243 e. The van der Waals surface area contributed by atoms with Gasteiger partial charge in [0.15, 0.2) is 0 Å². The van der Waals surface area contributed by atoms with Crippen molar-refractivity contribution in [3.63, 3.8) is 0 Å². The van der Waals surface area contributed by atoms with Gasteiger partial charge in [-0.15, -0.1) is 0 Å². The second-order valence-corrected chi connectivity index (χ2v) is 6.78. The summed E-state index contributed by atoms with van der Waals surface area (Å²) in [7, 11) is -2.44. The van der Waals surface area contributed by atoms with Gasteiger partial charge in [-0.1, -0.05) is 18.2 Å². The van der Waals surface area contributed by atoms with Gasteiger partial charge in [-0.05, 0) is 36.8 Å². The Morgan fingerprint density at radius 1 is 1.10 bits per heavy atom. The minimum atomic E-state index is -3.80. The molecule has 3 nitrogen and oxygen atoms in total. The molecule has 0 unspecified atom stereocenters. The first-order chi connectivity index (χ1) is 9.82. The van der Waals surface area contributed by atoms with Crippen LogP contribution in [0.1, 0.15) is 11.1 Å². The lowest BCUT2D eigenvalue weighted by Crippen LogP contribution is -2.27. The molecule has 2 aromatic carbocycles. The minimum absolute atomic E-state index is 0.0164. The zero-order chi connectivity index (χ0) is 15.6. The lowest BCUT2D eigenvalue weighted by molar-refractivity contribution is 0.456. The predicted octanol–water partition coefficient (Wildman–Crippen LogP) is 3.09. The number of benzene rings is 2. The summed E-state index contributed by atoms with van der Waals surface area (Å²) < 4.78 is 52.6. The van der Waals surface area contributed by atoms with Gasteiger partial charge in [-0.3, -0.25) is 0 Å². The molecular weight excluding hydrogens is 296 g/mol. The molecule has 0 amide bonds. The molecule has 0 aromatic heterocycles. The Morgan fingerprint density at radius 2 is 1.76 bits per heavy atom. The highest BCUT2D eigenvalue weighted by atomic mass is 32.2. The SMILES string of the molecule is Cc1cc(F)ccc1S(=O)(=O)N(C)Cc1ccccc1F. The number of hydrogen-bond acceptors (Lipinski definition) is 2. The molecule has 0 aliphatic heterocycles. The van der Waals surface area contributed by atoms with Crippen molar-refractivity contribution in [3.05, 3.63) is 65.2 Å². The Morgan fingerprint density at radius 3 is 2.38 bits per heavy atom. The molecule has 0 atom stereocenters. The zero-order valence-electron chi connectivity index (χ0n) is 11.7. The Bertz CT molecular complexity index is 760. The van der Waals surface area contributed by atoms with E-state index in [9.17, 15) is 17.2 Å². The first-order valence-electron chi connectivity index (χ1n) is 6.28. The molecule has 21 heavy (non-hydrogen) atoms. The van der Waals surface area contributed by atoms with Crippen molar-refractivity contribution in [2.75, 3.05) is 7.05 Å². The van der Waals surface area contributed by atoms with Crippen LogP contribution >= 0.6 is 0 Å². The molecule has 0 fully saturated rings. The average Bonchev–Trinajstić information content (AvgIpc) is 2.40. The van der Waals surface area contributed by atoms with Gasteiger partial charge < -0.3 is 0 Å². The first kappa shape index (κ1) is 15.6. The molecule has 0 saturated heterocycles. The molecule has 0 aliphatic carbocycles. The van der Waals surface area contributed by atoms with Crippen LogP contribution in [-0.2, 0) is 16.6 Å². The van der Waals surface area contributed by atoms with Crippen molar-refractivity contribution >= 4 is 10.0 Å². The Balaban J connectivity index is 2.33. The van der Waals surface area contributed by atoms with Crippen molar-refractivity contribution in [2.45, 2.75) is 18.4 Å². The van der Waals surface area contributed by atoms with Crippen molar-refractivity contribution in [3.8, 4) is 0 Å². The summed E-state index contributed by atoms with van der Waals surface area (Å²) in [5, 5.41) is 0. The quantitative estimate of drug-likeness (QED) is 0.870. The van der Waals surface area contributed by atoms with Crippen LogP contribution in [0.2, 0.25) is 0 Å². The molecule has 6 heteroatoms. The Labute approximate surface area is 122 Å². The van der Waals surface area contributed by atoms with Crippen LogP contribution in [0.25, 0.3) is 0 Å². The lowest BCUT2D eigenvalue weighted by Gasteiger charge is -2.19. The van der Waals surface area contributed by atoms with Crippen LogP contribution in [0.5, 0.6) is 0 Å². The molecule has 0 aliphatic rings. The van der Waals surface area contributed by atoms with Gasteiger partial charge in [-0.2, -0.15) is 4.31 Å². The summed E-state index contributed by atoms with van der Waals surface area (Å²) in [6.07, 6.45) is 0. The number of hydrogen-bond donors (Lipinski definition) is 0. The van der Waals surface area contributed by atoms with Gasteiger partial charge in [0.2, 0.25) is 10.0 Å². The van der Waals surface area contributed by atoms with Gasteiger partial charge >= 0.3 is 0 Å². The highest BCUT2D eigenvalue weighted by Gasteiger charge is 2.23. The maximum absolute atomic E-state index is 13.6. The van der Waals surface area contributed by atoms with Crippen LogP contribution in [0, 0.1) is 18.6 Å². The normalized spacial score (nSPS) is 11.9. The molecule has 2 aromatic rings. The second kappa shape index (κ2) is 5.91. The number of halogens is 2. The molecule has 0 N–H and O–H groups in total. The standard InChI is InChI=1S/C15H15F2NO2S/c1-11-9-13(16)7-8-15(11)21(19,20)18(2)10-12-5-3-4-6-14(12)17/h3-9H,10H2,1-2H3. The van der Waals surface area contributed by atoms with Crippen molar-refractivity contribution in [2.24, 2.45) is 0 Å². The third-order valence-corrected chi connectivity index (χ3v) is 5.14. The van der Waals surface area contributed by atoms with E-state index in [1.807, 2.05) is 0 Å². The van der Waals surface area contributed by atoms with Crippen molar-refractivity contribution < 1.29 is 17.2 Å². The summed E-state index contributed by atoms with van der Waals surface area (Å²) in [4.78, 5) is 0.0164. The fourth-order valence-electron chi connectivity index (χ4n) is 2.02. The van der Waals surface area contributed by atoms with Crippen LogP contribution < -0.4 is 0 Å². The molecular formula is C15H15F2NO2S. The highest BCUT2D eigenvalue weighted by Crippen LogP contribution is 2.21. The summed E-state index contributed by atoms with van der Waals surface area (Å²) >= 11 is 0. The summed E-state index contributed by atoms with van der Waals surface area (Å²) in [5.41, 5.74) is 0.596. The summed E-state index contributed by atoms with van der Waals surface area (Å²) in [6.45, 7) is 1.43. The molecule has 2 rings (SSSR count). The van der Waals surface area contributed by atoms with Crippen LogP contribution in [0.3, 0.4) is 0 Å². The van der Waals surface area contributed by atoms with Crippen LogP contribution in [0.15, 0.2) is 47.4 Å². The van der Waals surface area contributed by atoms with Gasteiger partial charge in [0, 0.05) is 19.2 Å². The molecule has 0 radical (unpaired) electrons. The van der Waals surface area contributed by atoms with E-state index in [1.165, 1.54) is 38.2 Å². The number of nitrogens with zero attached hydrogens (tertiary/aromatic N) is 1. The number of sulfonamides is 1. The zero-order valence-corrected chi connectivity index (χ0v) is 12.5. The van der Waals surface area contributed by atoms with E-state index in [-0.39, 0.29) is 17.0 Å². The summed E-state index contributed by atoms with van der Waals surface area (Å²) in [6, 6.07) is 9.45. The monoisotopic (exact) mass is 311 g/mol. The van der Waals surface area contributed by atoms with Crippen LogP contribution in [0.4, 0.5) is 8.78 Å². The topological polar surface area (TPSA) is 37.4 Å². The maximum Gasteiger partial charge on any atom is 0.243 e. The van der Waals surface area contributed by atoms with E-state index in [1.54, 1.807) is 6.07 Å². The number of aryl methyl sites for hydroxylation is 1. The Kier molecular flexibility index (Phi) is 4.39. The van der Waals surface area contributed by atoms with E-state index in [2.05, 4.69) is 0 Å². The average molecular weight is 311 g/mol. The van der Waals surface area contributed by atoms with Crippen molar-refractivity contribution in [1.29, 1.82) is 0 Å². The van der Waals surface area contributed by atoms with E-state index >= 15 is 0 Å². The minimum Gasteiger partial charge on any atom is -0.207 e. The maximum atomic E-state index is 13.6. The molecule has 0 heterocycles. The smallest absolute Gasteiger partial charge is 0.207 e. The van der Waals surface area contributed by atoms with Gasteiger partial charge in [-0.25, -0.2) is 17.2 Å². The van der Waals surface area contributed by atoms with Gasteiger partial charge in [0.1, 0.15) is 11.6 Å². The van der Waals surface area contributed by atoms with Gasteiger partial charge in [0.25, 0.3) is 0 Å². The van der Waals surface area contributed by atoms with E-state index in [0.717, 1.165) is 16.4 Å². The second-order valence-electron chi connectivity index (χ2n) is 4.76. The fourth-order valence-corrected chi connectivity index (χ4v) is 3.37. The molecule has 0 saturated carbocycles. The third-order valence-electron chi connectivity index (χ3n) is 3.18.